The van der Waals surface area contributed by atoms with E-state index in [4.69, 9.17) is 5.73 Å². The lowest BCUT2D eigenvalue weighted by atomic mass is 9.82. The molecule has 1 aliphatic rings. The summed E-state index contributed by atoms with van der Waals surface area (Å²) in [5.74, 6) is 0.900. The van der Waals surface area contributed by atoms with Gasteiger partial charge in [-0.25, -0.2) is 8.42 Å². The zero-order chi connectivity index (χ0) is 9.41. The Balaban J connectivity index is 2.68. The van der Waals surface area contributed by atoms with Gasteiger partial charge < -0.3 is 5.73 Å². The van der Waals surface area contributed by atoms with Gasteiger partial charge in [0.1, 0.15) is 9.84 Å². The van der Waals surface area contributed by atoms with Crippen molar-refractivity contribution in [2.75, 3.05) is 11.5 Å². The van der Waals surface area contributed by atoms with Crippen LogP contribution in [-0.4, -0.2) is 25.5 Å². The van der Waals surface area contributed by atoms with Crippen LogP contribution in [0.1, 0.15) is 26.7 Å². The minimum atomic E-state index is -2.77. The maximum absolute atomic E-state index is 11.1. The summed E-state index contributed by atoms with van der Waals surface area (Å²) in [7, 11) is -2.77. The first-order valence-electron chi connectivity index (χ1n) is 4.35. The SMILES string of the molecule is CC(C)C1(N)CCS(=O)(=O)CC1. The summed E-state index contributed by atoms with van der Waals surface area (Å²) in [6.45, 7) is 4.11. The van der Waals surface area contributed by atoms with E-state index in [2.05, 4.69) is 13.8 Å². The van der Waals surface area contributed by atoms with Crippen LogP contribution in [0.4, 0.5) is 0 Å². The van der Waals surface area contributed by atoms with E-state index in [9.17, 15) is 8.42 Å². The molecule has 4 heteroatoms. The summed E-state index contributed by atoms with van der Waals surface area (Å²) in [5.41, 5.74) is 5.81. The molecule has 12 heavy (non-hydrogen) atoms. The third kappa shape index (κ3) is 1.98. The second-order valence-corrected chi connectivity index (χ2v) is 6.34. The van der Waals surface area contributed by atoms with Crippen LogP contribution in [0.5, 0.6) is 0 Å². The molecule has 3 nitrogen and oxygen atoms in total. The predicted molar refractivity (Wildman–Crippen MR) is 49.6 cm³/mol. The van der Waals surface area contributed by atoms with E-state index in [0.717, 1.165) is 0 Å². The Labute approximate surface area is 74.3 Å². The smallest absolute Gasteiger partial charge is 0.150 e. The van der Waals surface area contributed by atoms with E-state index in [1.165, 1.54) is 0 Å². The third-order valence-corrected chi connectivity index (χ3v) is 4.56. The molecular formula is C8H17NO2S. The molecule has 0 unspecified atom stereocenters. The van der Waals surface area contributed by atoms with Crippen molar-refractivity contribution in [1.82, 2.24) is 0 Å². The Morgan fingerprint density at radius 3 is 2.00 bits per heavy atom. The molecule has 1 fully saturated rings. The predicted octanol–water partition coefficient (Wildman–Crippen LogP) is 0.548. The Bertz CT molecular complexity index is 242. The van der Waals surface area contributed by atoms with Gasteiger partial charge in [0.25, 0.3) is 0 Å². The third-order valence-electron chi connectivity index (χ3n) is 2.91. The van der Waals surface area contributed by atoms with Crippen molar-refractivity contribution >= 4 is 9.84 Å². The largest absolute Gasteiger partial charge is 0.325 e. The van der Waals surface area contributed by atoms with Crippen LogP contribution in [0.25, 0.3) is 0 Å². The molecule has 0 aliphatic carbocycles. The maximum atomic E-state index is 11.1. The molecule has 0 aromatic heterocycles. The Hall–Kier alpha value is -0.0900. The summed E-state index contributed by atoms with van der Waals surface area (Å²) >= 11 is 0. The van der Waals surface area contributed by atoms with Gasteiger partial charge in [-0.3, -0.25) is 0 Å². The lowest BCUT2D eigenvalue weighted by Crippen LogP contribution is -2.50. The lowest BCUT2D eigenvalue weighted by Gasteiger charge is -2.36. The summed E-state index contributed by atoms with van der Waals surface area (Å²) in [6, 6.07) is 0. The minimum Gasteiger partial charge on any atom is -0.325 e. The molecule has 0 bridgehead atoms. The van der Waals surface area contributed by atoms with Gasteiger partial charge in [-0.05, 0) is 18.8 Å². The first-order chi connectivity index (χ1) is 5.36. The van der Waals surface area contributed by atoms with E-state index >= 15 is 0 Å². The highest BCUT2D eigenvalue weighted by atomic mass is 32.2. The molecule has 0 aromatic carbocycles. The first kappa shape index (κ1) is 9.99. The zero-order valence-electron chi connectivity index (χ0n) is 7.71. The van der Waals surface area contributed by atoms with Crippen LogP contribution < -0.4 is 5.73 Å². The monoisotopic (exact) mass is 191 g/mol. The van der Waals surface area contributed by atoms with E-state index in [0.29, 0.717) is 18.8 Å². The molecular weight excluding hydrogens is 174 g/mol. The standard InChI is InChI=1S/C8H17NO2S/c1-7(2)8(9)3-5-12(10,11)6-4-8/h7H,3-6,9H2,1-2H3. The molecule has 2 N–H and O–H groups in total. The average molecular weight is 191 g/mol. The second-order valence-electron chi connectivity index (χ2n) is 4.04. The van der Waals surface area contributed by atoms with Crippen LogP contribution in [0.15, 0.2) is 0 Å². The fraction of sp³-hybridized carbons (Fsp3) is 1.00. The van der Waals surface area contributed by atoms with Crippen LogP contribution in [0.2, 0.25) is 0 Å². The van der Waals surface area contributed by atoms with Gasteiger partial charge in [0, 0.05) is 5.54 Å². The van der Waals surface area contributed by atoms with Crippen molar-refractivity contribution in [3.8, 4) is 0 Å². The van der Waals surface area contributed by atoms with Crippen molar-refractivity contribution in [3.63, 3.8) is 0 Å². The van der Waals surface area contributed by atoms with Crippen molar-refractivity contribution in [3.05, 3.63) is 0 Å². The van der Waals surface area contributed by atoms with Gasteiger partial charge in [-0.1, -0.05) is 13.8 Å². The van der Waals surface area contributed by atoms with E-state index in [1.807, 2.05) is 0 Å². The first-order valence-corrected chi connectivity index (χ1v) is 6.17. The fourth-order valence-electron chi connectivity index (χ4n) is 1.50. The highest BCUT2D eigenvalue weighted by Crippen LogP contribution is 2.27. The molecule has 0 amide bonds. The number of rotatable bonds is 1. The van der Waals surface area contributed by atoms with Crippen LogP contribution >= 0.6 is 0 Å². The van der Waals surface area contributed by atoms with Crippen molar-refractivity contribution in [2.24, 2.45) is 11.7 Å². The van der Waals surface area contributed by atoms with E-state index < -0.39 is 9.84 Å². The van der Waals surface area contributed by atoms with Gasteiger partial charge >= 0.3 is 0 Å². The molecule has 1 aliphatic heterocycles. The normalized spacial score (nSPS) is 27.3. The van der Waals surface area contributed by atoms with Crippen molar-refractivity contribution in [1.29, 1.82) is 0 Å². The lowest BCUT2D eigenvalue weighted by molar-refractivity contribution is 0.281. The average Bonchev–Trinajstić information content (AvgIpc) is 1.96. The van der Waals surface area contributed by atoms with Gasteiger partial charge in [0.2, 0.25) is 0 Å². The molecule has 0 spiro atoms. The van der Waals surface area contributed by atoms with Crippen LogP contribution in [-0.2, 0) is 9.84 Å². The van der Waals surface area contributed by atoms with Crippen molar-refractivity contribution in [2.45, 2.75) is 32.2 Å². The molecule has 1 saturated heterocycles. The van der Waals surface area contributed by atoms with E-state index in [1.54, 1.807) is 0 Å². The minimum absolute atomic E-state index is 0.245. The van der Waals surface area contributed by atoms with Crippen LogP contribution in [0.3, 0.4) is 0 Å². The summed E-state index contributed by atoms with van der Waals surface area (Å²) in [4.78, 5) is 0. The topological polar surface area (TPSA) is 60.2 Å². The molecule has 1 rings (SSSR count). The molecule has 0 aromatic rings. The number of sulfone groups is 1. The Morgan fingerprint density at radius 1 is 1.25 bits per heavy atom. The summed E-state index contributed by atoms with van der Waals surface area (Å²) in [6.07, 6.45) is 1.24. The van der Waals surface area contributed by atoms with Crippen molar-refractivity contribution < 1.29 is 8.42 Å². The van der Waals surface area contributed by atoms with Gasteiger partial charge in [-0.15, -0.1) is 0 Å². The quantitative estimate of drug-likeness (QED) is 0.658. The molecule has 1 heterocycles. The zero-order valence-corrected chi connectivity index (χ0v) is 8.52. The Morgan fingerprint density at radius 2 is 1.67 bits per heavy atom. The van der Waals surface area contributed by atoms with Gasteiger partial charge in [0.15, 0.2) is 0 Å². The molecule has 72 valence electrons. The highest BCUT2D eigenvalue weighted by Gasteiger charge is 2.35. The highest BCUT2D eigenvalue weighted by molar-refractivity contribution is 7.91. The van der Waals surface area contributed by atoms with Gasteiger partial charge in [-0.2, -0.15) is 0 Å². The summed E-state index contributed by atoms with van der Waals surface area (Å²) < 4.78 is 22.2. The molecule has 0 radical (unpaired) electrons. The second kappa shape index (κ2) is 3.00. The fourth-order valence-corrected chi connectivity index (χ4v) is 3.08. The van der Waals surface area contributed by atoms with Gasteiger partial charge in [0.05, 0.1) is 11.5 Å². The van der Waals surface area contributed by atoms with Crippen LogP contribution in [0, 0.1) is 5.92 Å². The number of nitrogens with two attached hydrogens (primary N) is 1. The Kier molecular flexibility index (Phi) is 2.50. The maximum Gasteiger partial charge on any atom is 0.150 e. The molecule has 0 atom stereocenters. The number of hydrogen-bond acceptors (Lipinski definition) is 3. The summed E-state index contributed by atoms with van der Waals surface area (Å²) in [5, 5.41) is 0. The molecule has 0 saturated carbocycles. The number of hydrogen-bond donors (Lipinski definition) is 1. The van der Waals surface area contributed by atoms with E-state index in [-0.39, 0.29) is 17.0 Å².